The van der Waals surface area contributed by atoms with E-state index in [1.807, 2.05) is 4.90 Å². The quantitative estimate of drug-likeness (QED) is 0.858. The Kier molecular flexibility index (Phi) is 5.89. The number of nitrogens with zero attached hydrogens (tertiary/aromatic N) is 1. The lowest BCUT2D eigenvalue weighted by atomic mass is 10.0. The van der Waals surface area contributed by atoms with Crippen LogP contribution in [0, 0.1) is 0 Å². The van der Waals surface area contributed by atoms with Crippen molar-refractivity contribution in [3.63, 3.8) is 0 Å². The topological polar surface area (TPSA) is 58.4 Å². The average molecular weight is 350 g/mol. The van der Waals surface area contributed by atoms with Crippen LogP contribution in [0.1, 0.15) is 24.0 Å². The third-order valence-corrected chi connectivity index (χ3v) is 4.29. The summed E-state index contributed by atoms with van der Waals surface area (Å²) in [5.74, 6) is -0.354. The molecular formula is C15H19ClF3N3O. The van der Waals surface area contributed by atoms with Gasteiger partial charge in [0.1, 0.15) is 0 Å². The standard InChI is InChI=1S/C15H19ClF3N3O/c16-13-2-1-11(15(17,18)19)7-10(13)8-21-12-3-5-22(6-4-12)9-14(20)23/h1-2,7,12,21H,3-6,8-9H2,(H2,20,23). The third-order valence-electron chi connectivity index (χ3n) is 3.92. The number of primary amides is 1. The fourth-order valence-corrected chi connectivity index (χ4v) is 2.84. The molecule has 1 aromatic rings. The third kappa shape index (κ3) is 5.37. The number of nitrogens with one attached hydrogen (secondary N) is 1. The summed E-state index contributed by atoms with van der Waals surface area (Å²) in [6, 6.07) is 3.52. The van der Waals surface area contributed by atoms with Gasteiger partial charge in [0.15, 0.2) is 0 Å². The maximum Gasteiger partial charge on any atom is 0.416 e. The van der Waals surface area contributed by atoms with Gasteiger partial charge in [-0.25, -0.2) is 0 Å². The molecule has 1 aromatic carbocycles. The summed E-state index contributed by atoms with van der Waals surface area (Å²) < 4.78 is 38.2. The molecule has 2 rings (SSSR count). The van der Waals surface area contributed by atoms with Crippen molar-refractivity contribution >= 4 is 17.5 Å². The van der Waals surface area contributed by atoms with E-state index in [1.165, 1.54) is 6.07 Å². The molecule has 8 heteroatoms. The van der Waals surface area contributed by atoms with E-state index < -0.39 is 11.7 Å². The van der Waals surface area contributed by atoms with Gasteiger partial charge in [-0.15, -0.1) is 0 Å². The van der Waals surface area contributed by atoms with Gasteiger partial charge in [0.25, 0.3) is 0 Å². The number of amides is 1. The molecule has 0 radical (unpaired) electrons. The number of carbonyl (C=O) groups excluding carboxylic acids is 1. The lowest BCUT2D eigenvalue weighted by Crippen LogP contribution is -2.45. The Balaban J connectivity index is 1.88. The maximum absolute atomic E-state index is 12.7. The molecule has 1 aliphatic rings. The van der Waals surface area contributed by atoms with Crippen LogP contribution in [0.15, 0.2) is 18.2 Å². The van der Waals surface area contributed by atoms with E-state index in [9.17, 15) is 18.0 Å². The molecular weight excluding hydrogens is 331 g/mol. The number of hydrogen-bond acceptors (Lipinski definition) is 3. The van der Waals surface area contributed by atoms with E-state index in [4.69, 9.17) is 17.3 Å². The zero-order valence-corrected chi connectivity index (χ0v) is 13.3. The van der Waals surface area contributed by atoms with E-state index in [0.29, 0.717) is 10.6 Å². The molecule has 1 saturated heterocycles. The number of piperidine rings is 1. The Morgan fingerprint density at radius 3 is 2.57 bits per heavy atom. The van der Waals surface area contributed by atoms with Crippen LogP contribution in [0.3, 0.4) is 0 Å². The first-order valence-corrected chi connectivity index (χ1v) is 7.73. The van der Waals surface area contributed by atoms with Crippen molar-refractivity contribution in [1.29, 1.82) is 0 Å². The number of benzene rings is 1. The zero-order chi connectivity index (χ0) is 17.0. The molecule has 23 heavy (non-hydrogen) atoms. The molecule has 3 N–H and O–H groups in total. The van der Waals surface area contributed by atoms with Gasteiger partial charge in [-0.2, -0.15) is 13.2 Å². The predicted molar refractivity (Wildman–Crippen MR) is 82.0 cm³/mol. The van der Waals surface area contributed by atoms with Crippen LogP contribution in [0.2, 0.25) is 5.02 Å². The number of rotatable bonds is 5. The first-order valence-electron chi connectivity index (χ1n) is 7.35. The number of hydrogen-bond donors (Lipinski definition) is 2. The van der Waals surface area contributed by atoms with Crippen molar-refractivity contribution in [3.8, 4) is 0 Å². The lowest BCUT2D eigenvalue weighted by Gasteiger charge is -2.31. The van der Waals surface area contributed by atoms with Crippen LogP contribution in [-0.4, -0.2) is 36.5 Å². The van der Waals surface area contributed by atoms with Crippen molar-refractivity contribution in [2.24, 2.45) is 5.73 Å². The number of alkyl halides is 3. The molecule has 4 nitrogen and oxygen atoms in total. The van der Waals surface area contributed by atoms with Crippen molar-refractivity contribution < 1.29 is 18.0 Å². The van der Waals surface area contributed by atoms with Gasteiger partial charge in [-0.3, -0.25) is 9.69 Å². The number of halogens is 4. The van der Waals surface area contributed by atoms with Crippen LogP contribution in [0.4, 0.5) is 13.2 Å². The Morgan fingerprint density at radius 1 is 1.35 bits per heavy atom. The first kappa shape index (κ1) is 18.0. The van der Waals surface area contributed by atoms with Crippen molar-refractivity contribution in [1.82, 2.24) is 10.2 Å². The van der Waals surface area contributed by atoms with Gasteiger partial charge < -0.3 is 11.1 Å². The molecule has 128 valence electrons. The highest BCUT2D eigenvalue weighted by Crippen LogP contribution is 2.31. The molecule has 0 saturated carbocycles. The van der Waals surface area contributed by atoms with E-state index in [-0.39, 0.29) is 25.0 Å². The number of carbonyl (C=O) groups is 1. The Bertz CT molecular complexity index is 557. The van der Waals surface area contributed by atoms with E-state index in [1.54, 1.807) is 0 Å². The minimum Gasteiger partial charge on any atom is -0.369 e. The van der Waals surface area contributed by atoms with Crippen LogP contribution in [-0.2, 0) is 17.5 Å². The number of nitrogens with two attached hydrogens (primary N) is 1. The Hall–Kier alpha value is -1.31. The van der Waals surface area contributed by atoms with Crippen LogP contribution in [0.25, 0.3) is 0 Å². The predicted octanol–water partition coefficient (Wildman–Crippen LogP) is 2.40. The molecule has 1 amide bonds. The van der Waals surface area contributed by atoms with E-state index >= 15 is 0 Å². The normalized spacial score (nSPS) is 17.4. The Morgan fingerprint density at radius 2 is 2.00 bits per heavy atom. The highest BCUT2D eigenvalue weighted by molar-refractivity contribution is 6.31. The van der Waals surface area contributed by atoms with Crippen LogP contribution in [0.5, 0.6) is 0 Å². The fourth-order valence-electron chi connectivity index (χ4n) is 2.66. The second-order valence-electron chi connectivity index (χ2n) is 5.70. The van der Waals surface area contributed by atoms with E-state index in [2.05, 4.69) is 5.32 Å². The van der Waals surface area contributed by atoms with Crippen molar-refractivity contribution in [3.05, 3.63) is 34.3 Å². The molecule has 1 fully saturated rings. The van der Waals surface area contributed by atoms with Crippen LogP contribution >= 0.6 is 11.6 Å². The maximum atomic E-state index is 12.7. The molecule has 0 spiro atoms. The molecule has 0 aromatic heterocycles. The molecule has 1 heterocycles. The van der Waals surface area contributed by atoms with Gasteiger partial charge in [0.2, 0.25) is 5.91 Å². The first-order chi connectivity index (χ1) is 10.8. The van der Waals surface area contributed by atoms with Crippen molar-refractivity contribution in [2.45, 2.75) is 31.6 Å². The number of likely N-dealkylation sites (tertiary alicyclic amines) is 1. The molecule has 0 unspecified atom stereocenters. The van der Waals surface area contributed by atoms with Gasteiger partial charge in [0.05, 0.1) is 12.1 Å². The highest BCUT2D eigenvalue weighted by Gasteiger charge is 2.31. The molecule has 0 bridgehead atoms. The SMILES string of the molecule is NC(=O)CN1CCC(NCc2cc(C(F)(F)F)ccc2Cl)CC1. The van der Waals surface area contributed by atoms with Gasteiger partial charge in [-0.1, -0.05) is 11.6 Å². The average Bonchev–Trinajstić information content (AvgIpc) is 2.46. The molecule has 0 aliphatic carbocycles. The second kappa shape index (κ2) is 7.51. The van der Waals surface area contributed by atoms with Gasteiger partial charge >= 0.3 is 6.18 Å². The lowest BCUT2D eigenvalue weighted by molar-refractivity contribution is -0.137. The van der Waals surface area contributed by atoms with Crippen molar-refractivity contribution in [2.75, 3.05) is 19.6 Å². The van der Waals surface area contributed by atoms with E-state index in [0.717, 1.165) is 38.1 Å². The minimum atomic E-state index is -4.38. The molecule has 1 aliphatic heterocycles. The molecule has 0 atom stereocenters. The summed E-state index contributed by atoms with van der Waals surface area (Å²) in [5.41, 5.74) is 4.89. The summed E-state index contributed by atoms with van der Waals surface area (Å²) in [6.07, 6.45) is -2.76. The smallest absolute Gasteiger partial charge is 0.369 e. The highest BCUT2D eigenvalue weighted by atomic mass is 35.5. The van der Waals surface area contributed by atoms with Gasteiger partial charge in [0, 0.05) is 30.7 Å². The zero-order valence-electron chi connectivity index (χ0n) is 12.5. The fraction of sp³-hybridized carbons (Fsp3) is 0.533. The summed E-state index contributed by atoms with van der Waals surface area (Å²) in [5, 5.41) is 3.55. The second-order valence-corrected chi connectivity index (χ2v) is 6.11. The largest absolute Gasteiger partial charge is 0.416 e. The monoisotopic (exact) mass is 349 g/mol. The summed E-state index contributed by atoms with van der Waals surface area (Å²) in [6.45, 7) is 1.99. The van der Waals surface area contributed by atoms with Gasteiger partial charge in [-0.05, 0) is 36.6 Å². The summed E-state index contributed by atoms with van der Waals surface area (Å²) >= 11 is 5.98. The summed E-state index contributed by atoms with van der Waals surface area (Å²) in [4.78, 5) is 12.8. The van der Waals surface area contributed by atoms with Crippen LogP contribution < -0.4 is 11.1 Å². The minimum absolute atomic E-state index is 0.185. The summed E-state index contributed by atoms with van der Waals surface area (Å²) in [7, 11) is 0. The Labute approximate surface area is 137 Å².